The summed E-state index contributed by atoms with van der Waals surface area (Å²) in [6, 6.07) is -1.57. The molecule has 218 valence electrons. The molecule has 14 nitrogen and oxygen atoms in total. The number of rotatable bonds is 10. The summed E-state index contributed by atoms with van der Waals surface area (Å²) in [7, 11) is 6.74. The fraction of sp³-hybridized carbons (Fsp3) is 1.00. The van der Waals surface area contributed by atoms with E-state index in [-0.39, 0.29) is 12.1 Å². The van der Waals surface area contributed by atoms with Gasteiger partial charge in [-0.25, -0.2) is 0 Å². The highest BCUT2D eigenvalue weighted by atomic mass is 16.7. The molecule has 2 saturated heterocycles. The molecule has 15 atom stereocenters. The Labute approximate surface area is 217 Å². The fourth-order valence-electron chi connectivity index (χ4n) is 5.57. The Kier molecular flexibility index (Phi) is 11.4. The predicted octanol–water partition coefficient (Wildman–Crippen LogP) is -4.97. The molecule has 0 spiro atoms. The van der Waals surface area contributed by atoms with Crippen LogP contribution in [0, 0.1) is 5.92 Å². The largest absolute Gasteiger partial charge is 0.394 e. The number of ether oxygens (including phenoxy) is 4. The number of hydrogen-bond donors (Lipinski definition) is 10. The maximum atomic E-state index is 11.5. The van der Waals surface area contributed by atoms with E-state index in [9.17, 15) is 30.6 Å². The van der Waals surface area contributed by atoms with Gasteiger partial charge in [0.1, 0.15) is 42.7 Å². The molecule has 3 rings (SSSR count). The molecule has 3 fully saturated rings. The minimum atomic E-state index is -1.29. The maximum Gasteiger partial charge on any atom is 0.186 e. The highest BCUT2D eigenvalue weighted by Crippen LogP contribution is 2.33. The van der Waals surface area contributed by atoms with Crippen LogP contribution >= 0.6 is 0 Å². The van der Waals surface area contributed by atoms with E-state index in [2.05, 4.69) is 21.3 Å². The minimum Gasteiger partial charge on any atom is -0.394 e. The number of aliphatic hydroxyl groups excluding tert-OH is 6. The highest BCUT2D eigenvalue weighted by molar-refractivity contribution is 5.02. The second-order valence-corrected chi connectivity index (χ2v) is 10.2. The molecule has 1 saturated carbocycles. The van der Waals surface area contributed by atoms with Crippen molar-refractivity contribution in [1.82, 2.24) is 21.3 Å². The smallest absolute Gasteiger partial charge is 0.186 e. The van der Waals surface area contributed by atoms with E-state index >= 15 is 0 Å². The first-order chi connectivity index (χ1) is 17.6. The van der Waals surface area contributed by atoms with Gasteiger partial charge in [0.2, 0.25) is 0 Å². The molecule has 9 unspecified atom stereocenters. The van der Waals surface area contributed by atoms with Gasteiger partial charge < -0.3 is 70.9 Å². The van der Waals surface area contributed by atoms with Crippen molar-refractivity contribution < 1.29 is 49.6 Å². The lowest BCUT2D eigenvalue weighted by Gasteiger charge is -2.49. The van der Waals surface area contributed by atoms with Crippen molar-refractivity contribution in [2.45, 2.75) is 99.0 Å². The van der Waals surface area contributed by atoms with E-state index in [1.165, 1.54) is 0 Å². The van der Waals surface area contributed by atoms with Crippen LogP contribution in [-0.4, -0.2) is 158 Å². The molecule has 0 aromatic rings. The van der Waals surface area contributed by atoms with Gasteiger partial charge in [-0.05, 0) is 34.6 Å². The van der Waals surface area contributed by atoms with Gasteiger partial charge in [0.05, 0.1) is 24.9 Å². The van der Waals surface area contributed by atoms with E-state index in [0.717, 1.165) is 0 Å². The van der Waals surface area contributed by atoms with Crippen LogP contribution in [0.3, 0.4) is 0 Å². The lowest BCUT2D eigenvalue weighted by atomic mass is 9.83. The zero-order chi connectivity index (χ0) is 27.4. The molecule has 0 aromatic heterocycles. The van der Waals surface area contributed by atoms with Crippen LogP contribution < -0.4 is 21.3 Å². The number of likely N-dealkylation sites (N-methyl/N-ethyl adjacent to an activating group) is 4. The van der Waals surface area contributed by atoms with E-state index in [1.807, 2.05) is 0 Å². The van der Waals surface area contributed by atoms with Crippen LogP contribution in [0.2, 0.25) is 0 Å². The molecule has 0 amide bonds. The van der Waals surface area contributed by atoms with E-state index < -0.39 is 86.1 Å². The van der Waals surface area contributed by atoms with Crippen LogP contribution in [0.5, 0.6) is 0 Å². The van der Waals surface area contributed by atoms with E-state index in [0.29, 0.717) is 13.0 Å². The molecule has 14 heteroatoms. The van der Waals surface area contributed by atoms with Crippen molar-refractivity contribution in [3.8, 4) is 0 Å². The average Bonchev–Trinajstić information content (AvgIpc) is 2.89. The molecule has 3 aliphatic rings. The Balaban J connectivity index is 1.80. The van der Waals surface area contributed by atoms with Crippen LogP contribution in [0.4, 0.5) is 0 Å². The van der Waals surface area contributed by atoms with Gasteiger partial charge in [-0.3, -0.25) is 0 Å². The average molecular weight is 539 g/mol. The Morgan fingerprint density at radius 3 is 1.73 bits per heavy atom. The minimum absolute atomic E-state index is 0.343. The third-order valence-corrected chi connectivity index (χ3v) is 7.97. The van der Waals surface area contributed by atoms with Crippen LogP contribution in [0.25, 0.3) is 0 Å². The number of nitrogens with one attached hydrogen (secondary N) is 4. The van der Waals surface area contributed by atoms with Gasteiger partial charge in [-0.15, -0.1) is 0 Å². The zero-order valence-corrected chi connectivity index (χ0v) is 22.1. The third kappa shape index (κ3) is 6.44. The summed E-state index contributed by atoms with van der Waals surface area (Å²) in [5.74, 6) is -0.533. The molecule has 0 bridgehead atoms. The van der Waals surface area contributed by atoms with Gasteiger partial charge in [0.25, 0.3) is 0 Å². The van der Waals surface area contributed by atoms with Crippen LogP contribution in [-0.2, 0) is 18.9 Å². The van der Waals surface area contributed by atoms with E-state index in [1.54, 1.807) is 35.1 Å². The molecule has 0 aromatic carbocycles. The lowest BCUT2D eigenvalue weighted by molar-refractivity contribution is -0.329. The van der Waals surface area contributed by atoms with Crippen molar-refractivity contribution in [1.29, 1.82) is 0 Å². The van der Waals surface area contributed by atoms with Gasteiger partial charge in [0.15, 0.2) is 12.6 Å². The number of hydrogen-bond acceptors (Lipinski definition) is 14. The molecule has 2 heterocycles. The van der Waals surface area contributed by atoms with Gasteiger partial charge >= 0.3 is 0 Å². The first-order valence-electron chi connectivity index (χ1n) is 12.9. The standard InChI is InChI=1S/C23H46N4O10/c1-9-15(29)12(7-24-2)34-22(16(9)30)36-20-10(25-3)6-11(26-4)21(19(20)33)37-23-18(32)14(27-5)17(31)13(8-28)35-23/h9-33H,6-8H2,1-5H3/t9-,10?,11-,12?,13?,14?,15+,16?,17?,18?,19+,20?,21-,22-,23?/m1/s1. The Hall–Kier alpha value is -0.560. The lowest BCUT2D eigenvalue weighted by Crippen LogP contribution is -2.69. The summed E-state index contributed by atoms with van der Waals surface area (Å²) in [5, 5.41) is 75.6. The summed E-state index contributed by atoms with van der Waals surface area (Å²) in [5.41, 5.74) is 0. The van der Waals surface area contributed by atoms with Crippen molar-refractivity contribution in [2.75, 3.05) is 41.3 Å². The van der Waals surface area contributed by atoms with Gasteiger partial charge in [-0.2, -0.15) is 0 Å². The van der Waals surface area contributed by atoms with Crippen LogP contribution in [0.1, 0.15) is 13.3 Å². The highest BCUT2D eigenvalue weighted by Gasteiger charge is 2.52. The van der Waals surface area contributed by atoms with Crippen molar-refractivity contribution >= 4 is 0 Å². The summed E-state index contributed by atoms with van der Waals surface area (Å²) in [6.45, 7) is 1.56. The topological polar surface area (TPSA) is 206 Å². The fourth-order valence-corrected chi connectivity index (χ4v) is 5.57. The Bertz CT molecular complexity index is 698. The monoisotopic (exact) mass is 538 g/mol. The quantitative estimate of drug-likeness (QED) is 0.126. The van der Waals surface area contributed by atoms with Crippen molar-refractivity contribution in [3.05, 3.63) is 0 Å². The molecule has 10 N–H and O–H groups in total. The summed E-state index contributed by atoms with van der Waals surface area (Å²) >= 11 is 0. The molecule has 0 radical (unpaired) electrons. The summed E-state index contributed by atoms with van der Waals surface area (Å²) < 4.78 is 23.8. The first-order valence-corrected chi connectivity index (χ1v) is 12.9. The van der Waals surface area contributed by atoms with E-state index in [4.69, 9.17) is 18.9 Å². The van der Waals surface area contributed by atoms with Crippen LogP contribution in [0.15, 0.2) is 0 Å². The first kappa shape index (κ1) is 31.0. The maximum absolute atomic E-state index is 11.5. The van der Waals surface area contributed by atoms with Crippen molar-refractivity contribution in [3.63, 3.8) is 0 Å². The predicted molar refractivity (Wildman–Crippen MR) is 130 cm³/mol. The van der Waals surface area contributed by atoms with Gasteiger partial charge in [0, 0.05) is 24.5 Å². The summed E-state index contributed by atoms with van der Waals surface area (Å²) in [6.07, 6.45) is -11.1. The second kappa shape index (κ2) is 13.7. The number of aliphatic hydroxyl groups is 6. The van der Waals surface area contributed by atoms with Gasteiger partial charge in [-0.1, -0.05) is 6.92 Å². The summed E-state index contributed by atoms with van der Waals surface area (Å²) in [4.78, 5) is 0. The molecule has 1 aliphatic carbocycles. The second-order valence-electron chi connectivity index (χ2n) is 10.2. The SMILES string of the molecule is CNCC1O[C@H](OC2C(NC)C[C@@H](NC)[C@@H](OC3OC(CO)C(O)C(NC)C3O)[C@H]2O)C(O)[C@H](C)[C@@H]1O. The molecular weight excluding hydrogens is 492 g/mol. The normalized spacial score (nSPS) is 49.2. The Morgan fingerprint density at radius 1 is 0.703 bits per heavy atom. The van der Waals surface area contributed by atoms with Crippen molar-refractivity contribution in [2.24, 2.45) is 5.92 Å². The Morgan fingerprint density at radius 2 is 1.24 bits per heavy atom. The molecular formula is C23H46N4O10. The zero-order valence-electron chi connectivity index (χ0n) is 22.1. The third-order valence-electron chi connectivity index (χ3n) is 7.97. The molecule has 2 aliphatic heterocycles. The molecule has 37 heavy (non-hydrogen) atoms.